The Kier molecular flexibility index (Phi) is 6.75. The molecule has 0 aromatic carbocycles. The predicted octanol–water partition coefficient (Wildman–Crippen LogP) is 1.21. The third-order valence-corrected chi connectivity index (χ3v) is 2.37. The zero-order chi connectivity index (χ0) is 11.8. The molecule has 0 aliphatic heterocycles. The van der Waals surface area contributed by atoms with Gasteiger partial charge in [-0.25, -0.2) is 0 Å². The van der Waals surface area contributed by atoms with Gasteiger partial charge < -0.3 is 10.6 Å². The second kappa shape index (κ2) is 7.26. The minimum atomic E-state index is -0.0143. The van der Waals surface area contributed by atoms with Crippen LogP contribution in [0.15, 0.2) is 0 Å². The summed E-state index contributed by atoms with van der Waals surface area (Å²) < 4.78 is 0. The van der Waals surface area contributed by atoms with E-state index in [4.69, 9.17) is 0 Å². The molecule has 0 bridgehead atoms. The maximum absolute atomic E-state index is 10.9. The second-order valence-electron chi connectivity index (χ2n) is 3.85. The van der Waals surface area contributed by atoms with Crippen LogP contribution in [0, 0.1) is 0 Å². The minimum Gasteiger partial charge on any atom is -0.354 e. The third kappa shape index (κ3) is 6.94. The average molecular weight is 214 g/mol. The minimum absolute atomic E-state index is 0.0143. The molecule has 0 heterocycles. The standard InChI is InChI=1S/C11H22N2O2/c1-5-10(12-8(3)14)7-11(6-2)13-9(4)15/h10-11H,5-7H2,1-4H3,(H,12,14)(H,13,15). The van der Waals surface area contributed by atoms with Gasteiger partial charge in [-0.2, -0.15) is 0 Å². The fraction of sp³-hybridized carbons (Fsp3) is 0.818. The molecule has 0 saturated carbocycles. The van der Waals surface area contributed by atoms with Crippen molar-refractivity contribution in [2.75, 3.05) is 0 Å². The molecular weight excluding hydrogens is 192 g/mol. The molecule has 0 aromatic rings. The van der Waals surface area contributed by atoms with Gasteiger partial charge in [0, 0.05) is 25.9 Å². The topological polar surface area (TPSA) is 58.2 Å². The summed E-state index contributed by atoms with van der Waals surface area (Å²) in [5.74, 6) is -0.0287. The molecule has 15 heavy (non-hydrogen) atoms. The van der Waals surface area contributed by atoms with Crippen molar-refractivity contribution in [3.8, 4) is 0 Å². The van der Waals surface area contributed by atoms with Crippen LogP contribution >= 0.6 is 0 Å². The van der Waals surface area contributed by atoms with Crippen LogP contribution in [0.3, 0.4) is 0 Å². The number of nitrogens with one attached hydrogen (secondary N) is 2. The summed E-state index contributed by atoms with van der Waals surface area (Å²) in [4.78, 5) is 21.8. The molecule has 2 atom stereocenters. The summed E-state index contributed by atoms with van der Waals surface area (Å²) >= 11 is 0. The first-order chi connectivity index (χ1) is 6.99. The van der Waals surface area contributed by atoms with Crippen LogP contribution < -0.4 is 10.6 Å². The van der Waals surface area contributed by atoms with Crippen LogP contribution in [-0.2, 0) is 9.59 Å². The molecule has 2 amide bonds. The van der Waals surface area contributed by atoms with E-state index in [2.05, 4.69) is 10.6 Å². The number of hydrogen-bond acceptors (Lipinski definition) is 2. The molecule has 2 N–H and O–H groups in total. The van der Waals surface area contributed by atoms with Crippen LogP contribution in [0.4, 0.5) is 0 Å². The first kappa shape index (κ1) is 13.9. The highest BCUT2D eigenvalue weighted by Gasteiger charge is 2.14. The van der Waals surface area contributed by atoms with Crippen LogP contribution in [-0.4, -0.2) is 23.9 Å². The molecule has 2 unspecified atom stereocenters. The number of rotatable bonds is 6. The Morgan fingerprint density at radius 3 is 1.47 bits per heavy atom. The van der Waals surface area contributed by atoms with Gasteiger partial charge in [-0.05, 0) is 19.3 Å². The van der Waals surface area contributed by atoms with E-state index in [1.165, 1.54) is 13.8 Å². The second-order valence-corrected chi connectivity index (χ2v) is 3.85. The van der Waals surface area contributed by atoms with Crippen LogP contribution in [0.1, 0.15) is 47.0 Å². The van der Waals surface area contributed by atoms with Crippen molar-refractivity contribution >= 4 is 11.8 Å². The Labute approximate surface area is 91.8 Å². The Morgan fingerprint density at radius 1 is 0.933 bits per heavy atom. The van der Waals surface area contributed by atoms with Crippen molar-refractivity contribution < 1.29 is 9.59 Å². The number of amides is 2. The largest absolute Gasteiger partial charge is 0.354 e. The van der Waals surface area contributed by atoms with Gasteiger partial charge in [0.25, 0.3) is 0 Å². The van der Waals surface area contributed by atoms with Crippen LogP contribution in [0.2, 0.25) is 0 Å². The molecule has 0 fully saturated rings. The average Bonchev–Trinajstić information content (AvgIpc) is 2.14. The van der Waals surface area contributed by atoms with Crippen molar-refractivity contribution in [1.82, 2.24) is 10.6 Å². The number of carbonyl (C=O) groups is 2. The molecule has 0 spiro atoms. The summed E-state index contributed by atoms with van der Waals surface area (Å²) in [6.07, 6.45) is 2.57. The molecule has 4 heteroatoms. The zero-order valence-electron chi connectivity index (χ0n) is 10.1. The van der Waals surface area contributed by atoms with Crippen molar-refractivity contribution in [3.63, 3.8) is 0 Å². The van der Waals surface area contributed by atoms with E-state index >= 15 is 0 Å². The maximum atomic E-state index is 10.9. The molecule has 0 saturated heterocycles. The van der Waals surface area contributed by atoms with Crippen molar-refractivity contribution in [2.45, 2.75) is 59.0 Å². The van der Waals surface area contributed by atoms with Gasteiger partial charge in [-0.3, -0.25) is 9.59 Å². The number of carbonyl (C=O) groups excluding carboxylic acids is 2. The van der Waals surface area contributed by atoms with E-state index < -0.39 is 0 Å². The highest BCUT2D eigenvalue weighted by atomic mass is 16.2. The molecule has 0 rings (SSSR count). The van der Waals surface area contributed by atoms with Crippen molar-refractivity contribution in [2.24, 2.45) is 0 Å². The molecular formula is C11H22N2O2. The Hall–Kier alpha value is -1.06. The van der Waals surface area contributed by atoms with E-state index in [0.29, 0.717) is 0 Å². The summed E-state index contributed by atoms with van der Waals surface area (Å²) in [7, 11) is 0. The molecule has 0 radical (unpaired) electrons. The summed E-state index contributed by atoms with van der Waals surface area (Å²) in [5.41, 5.74) is 0. The Morgan fingerprint density at radius 2 is 1.27 bits per heavy atom. The molecule has 0 aliphatic rings. The first-order valence-corrected chi connectivity index (χ1v) is 5.53. The number of hydrogen-bond donors (Lipinski definition) is 2. The fourth-order valence-electron chi connectivity index (χ4n) is 1.57. The Balaban J connectivity index is 4.10. The highest BCUT2D eigenvalue weighted by molar-refractivity contribution is 5.73. The van der Waals surface area contributed by atoms with E-state index in [1.807, 2.05) is 13.8 Å². The lowest BCUT2D eigenvalue weighted by molar-refractivity contribution is -0.119. The van der Waals surface area contributed by atoms with Gasteiger partial charge in [-0.15, -0.1) is 0 Å². The van der Waals surface area contributed by atoms with Crippen molar-refractivity contribution in [1.29, 1.82) is 0 Å². The Bertz CT molecular complexity index is 195. The summed E-state index contributed by atoms with van der Waals surface area (Å²) in [5, 5.41) is 5.75. The summed E-state index contributed by atoms with van der Waals surface area (Å²) in [6.45, 7) is 7.09. The third-order valence-electron chi connectivity index (χ3n) is 2.37. The molecule has 0 aliphatic carbocycles. The molecule has 88 valence electrons. The van der Waals surface area contributed by atoms with Gasteiger partial charge in [0.1, 0.15) is 0 Å². The van der Waals surface area contributed by atoms with Gasteiger partial charge in [-0.1, -0.05) is 13.8 Å². The SMILES string of the molecule is CCC(CC(CC)NC(C)=O)NC(C)=O. The first-order valence-electron chi connectivity index (χ1n) is 5.53. The van der Waals surface area contributed by atoms with Gasteiger partial charge in [0.15, 0.2) is 0 Å². The lowest BCUT2D eigenvalue weighted by atomic mass is 10.0. The monoisotopic (exact) mass is 214 g/mol. The van der Waals surface area contributed by atoms with Gasteiger partial charge >= 0.3 is 0 Å². The van der Waals surface area contributed by atoms with Gasteiger partial charge in [0.2, 0.25) is 11.8 Å². The highest BCUT2D eigenvalue weighted by Crippen LogP contribution is 2.05. The lowest BCUT2D eigenvalue weighted by Gasteiger charge is -2.22. The van der Waals surface area contributed by atoms with E-state index in [0.717, 1.165) is 19.3 Å². The summed E-state index contributed by atoms with van der Waals surface area (Å²) in [6, 6.07) is 0.304. The quantitative estimate of drug-likeness (QED) is 0.698. The van der Waals surface area contributed by atoms with E-state index in [9.17, 15) is 9.59 Å². The van der Waals surface area contributed by atoms with Crippen LogP contribution in [0.5, 0.6) is 0 Å². The molecule has 4 nitrogen and oxygen atoms in total. The van der Waals surface area contributed by atoms with E-state index in [1.54, 1.807) is 0 Å². The lowest BCUT2D eigenvalue weighted by Crippen LogP contribution is -2.41. The fourth-order valence-corrected chi connectivity index (χ4v) is 1.57. The molecule has 0 aromatic heterocycles. The smallest absolute Gasteiger partial charge is 0.217 e. The predicted molar refractivity (Wildman–Crippen MR) is 60.4 cm³/mol. The normalized spacial score (nSPS) is 14.1. The van der Waals surface area contributed by atoms with E-state index in [-0.39, 0.29) is 23.9 Å². The maximum Gasteiger partial charge on any atom is 0.217 e. The van der Waals surface area contributed by atoms with Crippen LogP contribution in [0.25, 0.3) is 0 Å². The van der Waals surface area contributed by atoms with Crippen molar-refractivity contribution in [3.05, 3.63) is 0 Å². The van der Waals surface area contributed by atoms with Gasteiger partial charge in [0.05, 0.1) is 0 Å². The zero-order valence-corrected chi connectivity index (χ0v) is 10.1.